The van der Waals surface area contributed by atoms with Crippen LogP contribution in [0.5, 0.6) is 0 Å². The van der Waals surface area contributed by atoms with Crippen LogP contribution in [0.4, 0.5) is 0 Å². The first-order valence-electron chi connectivity index (χ1n) is 5.17. The van der Waals surface area contributed by atoms with Gasteiger partial charge in [-0.2, -0.15) is 0 Å². The molecule has 0 amide bonds. The summed E-state index contributed by atoms with van der Waals surface area (Å²) in [7, 11) is 1.91. The van der Waals surface area contributed by atoms with Gasteiger partial charge in [0, 0.05) is 6.08 Å². The Bertz CT molecular complexity index is 325. The number of hydrogen-bond acceptors (Lipinski definition) is 3. The molecule has 0 aromatic rings. The Morgan fingerprint density at radius 1 is 1.56 bits per heavy atom. The summed E-state index contributed by atoms with van der Waals surface area (Å²) < 4.78 is 4.45. The molecule has 90 valence electrons. The van der Waals surface area contributed by atoms with Gasteiger partial charge in [0.1, 0.15) is 0 Å². The van der Waals surface area contributed by atoms with E-state index in [1.165, 1.54) is 6.08 Å². The van der Waals surface area contributed by atoms with Gasteiger partial charge in [-0.1, -0.05) is 19.4 Å². The molecule has 0 aliphatic heterocycles. The molecule has 0 aromatic heterocycles. The average Bonchev–Trinajstić information content (AvgIpc) is 2.07. The second-order valence-corrected chi connectivity index (χ2v) is 5.14. The molecule has 1 saturated carbocycles. The van der Waals surface area contributed by atoms with E-state index in [0.29, 0.717) is 5.92 Å². The molecule has 16 heavy (non-hydrogen) atoms. The van der Waals surface area contributed by atoms with Crippen molar-refractivity contribution in [2.45, 2.75) is 33.1 Å². The lowest BCUT2D eigenvalue weighted by molar-refractivity contribution is -0.140. The normalized spacial score (nSPS) is 19.9. The fraction of sp³-hybridized carbons (Fsp3) is 0.636. The maximum absolute atomic E-state index is 10.9. The van der Waals surface area contributed by atoms with Crippen LogP contribution in [-0.4, -0.2) is 17.0 Å². The van der Waals surface area contributed by atoms with Gasteiger partial charge in [0.15, 0.2) is 0 Å². The van der Waals surface area contributed by atoms with Gasteiger partial charge >= 0.3 is 11.9 Å². The number of hydrogen-bond donors (Lipinski definition) is 1. The lowest BCUT2D eigenvalue weighted by Crippen LogP contribution is -2.33. The fourth-order valence-corrected chi connectivity index (χ4v) is 2.05. The third-order valence-corrected chi connectivity index (χ3v) is 3.40. The van der Waals surface area contributed by atoms with E-state index in [0.717, 1.165) is 18.4 Å². The standard InChI is InChI=1S/C11H17O4P/c1-11(2,6-9(12)13)8-3-7(4-8)5-10(14)15-16/h5,8H,3-4,6,16H2,1-2H3,(H,12,13). The molecule has 1 aliphatic carbocycles. The van der Waals surface area contributed by atoms with E-state index >= 15 is 0 Å². The number of carbonyl (C=O) groups is 2. The average molecular weight is 244 g/mol. The van der Waals surface area contributed by atoms with Crippen molar-refractivity contribution in [2.24, 2.45) is 11.3 Å². The molecule has 0 bridgehead atoms. The monoisotopic (exact) mass is 244 g/mol. The summed E-state index contributed by atoms with van der Waals surface area (Å²) in [5.41, 5.74) is 0.824. The van der Waals surface area contributed by atoms with Crippen LogP contribution in [0.25, 0.3) is 0 Å². The number of carbonyl (C=O) groups excluding carboxylic acids is 1. The van der Waals surface area contributed by atoms with Crippen molar-refractivity contribution in [1.29, 1.82) is 0 Å². The van der Waals surface area contributed by atoms with Gasteiger partial charge in [-0.05, 0) is 24.2 Å². The van der Waals surface area contributed by atoms with Crippen LogP contribution >= 0.6 is 9.47 Å². The van der Waals surface area contributed by atoms with Crippen molar-refractivity contribution < 1.29 is 19.2 Å². The number of rotatable bonds is 4. The zero-order valence-corrected chi connectivity index (χ0v) is 10.7. The maximum atomic E-state index is 10.9. The van der Waals surface area contributed by atoms with Crippen LogP contribution in [0, 0.1) is 11.3 Å². The predicted molar refractivity (Wildman–Crippen MR) is 62.6 cm³/mol. The summed E-state index contributed by atoms with van der Waals surface area (Å²) in [4.78, 5) is 21.6. The molecule has 1 N–H and O–H groups in total. The highest BCUT2D eigenvalue weighted by Gasteiger charge is 2.38. The van der Waals surface area contributed by atoms with Crippen molar-refractivity contribution in [3.05, 3.63) is 11.6 Å². The van der Waals surface area contributed by atoms with E-state index in [1.54, 1.807) is 0 Å². The van der Waals surface area contributed by atoms with Gasteiger partial charge in [-0.25, -0.2) is 4.79 Å². The Hall–Kier alpha value is -0.890. The lowest BCUT2D eigenvalue weighted by Gasteiger charge is -2.41. The molecule has 1 unspecified atom stereocenters. The van der Waals surface area contributed by atoms with Crippen molar-refractivity contribution in [1.82, 2.24) is 0 Å². The molecular weight excluding hydrogens is 227 g/mol. The van der Waals surface area contributed by atoms with Crippen molar-refractivity contribution in [3.63, 3.8) is 0 Å². The molecule has 1 atom stereocenters. The Labute approximate surface area is 97.3 Å². The number of allylic oxidation sites excluding steroid dienone is 1. The highest BCUT2D eigenvalue weighted by atomic mass is 31.0. The minimum absolute atomic E-state index is 0.166. The van der Waals surface area contributed by atoms with E-state index in [-0.39, 0.29) is 17.8 Å². The Morgan fingerprint density at radius 3 is 2.56 bits per heavy atom. The van der Waals surface area contributed by atoms with E-state index in [1.807, 2.05) is 23.3 Å². The molecule has 5 heteroatoms. The molecule has 0 heterocycles. The number of carboxylic acid groups (broad SMARTS) is 1. The van der Waals surface area contributed by atoms with Crippen LogP contribution in [0.2, 0.25) is 0 Å². The SMILES string of the molecule is CC(C)(CC(=O)O)C1CC(=CC(=O)OP)C1. The number of aliphatic carboxylic acids is 1. The molecule has 1 aliphatic rings. The van der Waals surface area contributed by atoms with E-state index in [4.69, 9.17) is 5.11 Å². The van der Waals surface area contributed by atoms with E-state index < -0.39 is 5.97 Å². The third-order valence-electron chi connectivity index (χ3n) is 3.17. The fourth-order valence-electron chi connectivity index (χ4n) is 1.98. The molecular formula is C11H17O4P. The lowest BCUT2D eigenvalue weighted by atomic mass is 9.63. The molecule has 0 radical (unpaired) electrons. The maximum Gasteiger partial charge on any atom is 0.332 e. The largest absolute Gasteiger partial charge is 0.481 e. The summed E-state index contributed by atoms with van der Waals surface area (Å²) in [6, 6.07) is 0. The predicted octanol–water partition coefficient (Wildman–Crippen LogP) is 2.16. The van der Waals surface area contributed by atoms with Crippen LogP contribution in [0.15, 0.2) is 11.6 Å². The van der Waals surface area contributed by atoms with Gasteiger partial charge in [0.25, 0.3) is 0 Å². The zero-order valence-electron chi connectivity index (χ0n) is 9.53. The zero-order chi connectivity index (χ0) is 12.3. The molecule has 4 nitrogen and oxygen atoms in total. The Morgan fingerprint density at radius 2 is 2.12 bits per heavy atom. The van der Waals surface area contributed by atoms with Gasteiger partial charge in [-0.15, -0.1) is 0 Å². The summed E-state index contributed by atoms with van der Waals surface area (Å²) in [5.74, 6) is -0.798. The van der Waals surface area contributed by atoms with Crippen LogP contribution in [-0.2, 0) is 14.1 Å². The van der Waals surface area contributed by atoms with Crippen LogP contribution < -0.4 is 0 Å². The smallest absolute Gasteiger partial charge is 0.332 e. The Balaban J connectivity index is 2.49. The number of carboxylic acids is 1. The van der Waals surface area contributed by atoms with Gasteiger partial charge in [0.05, 0.1) is 15.9 Å². The van der Waals surface area contributed by atoms with Crippen LogP contribution in [0.1, 0.15) is 33.1 Å². The second-order valence-electron chi connectivity index (χ2n) is 4.90. The molecule has 1 rings (SSSR count). The van der Waals surface area contributed by atoms with Crippen molar-refractivity contribution in [2.75, 3.05) is 0 Å². The van der Waals surface area contributed by atoms with Gasteiger partial charge in [-0.3, -0.25) is 4.79 Å². The summed E-state index contributed by atoms with van der Waals surface area (Å²) in [5, 5.41) is 8.78. The van der Waals surface area contributed by atoms with Crippen molar-refractivity contribution in [3.8, 4) is 0 Å². The first-order valence-corrected chi connectivity index (χ1v) is 5.64. The van der Waals surface area contributed by atoms with E-state index in [9.17, 15) is 9.59 Å². The van der Waals surface area contributed by atoms with Gasteiger partial charge < -0.3 is 9.63 Å². The molecule has 1 fully saturated rings. The highest BCUT2D eigenvalue weighted by molar-refractivity contribution is 7.10. The summed E-state index contributed by atoms with van der Waals surface area (Å²) in [6.07, 6.45) is 3.24. The summed E-state index contributed by atoms with van der Waals surface area (Å²) >= 11 is 0. The topological polar surface area (TPSA) is 63.6 Å². The molecule has 0 spiro atoms. The van der Waals surface area contributed by atoms with E-state index in [2.05, 4.69) is 4.52 Å². The van der Waals surface area contributed by atoms with Crippen molar-refractivity contribution >= 4 is 21.4 Å². The first-order chi connectivity index (χ1) is 7.35. The minimum atomic E-state index is -0.771. The van der Waals surface area contributed by atoms with Gasteiger partial charge in [0.2, 0.25) is 0 Å². The highest BCUT2D eigenvalue weighted by Crippen LogP contribution is 2.46. The minimum Gasteiger partial charge on any atom is -0.481 e. The quantitative estimate of drug-likeness (QED) is 0.608. The Kier molecular flexibility index (Phi) is 4.09. The summed E-state index contributed by atoms with van der Waals surface area (Å²) in [6.45, 7) is 3.91. The molecule has 0 saturated heterocycles. The first kappa shape index (κ1) is 13.2. The molecule has 0 aromatic carbocycles. The third kappa shape index (κ3) is 3.31. The van der Waals surface area contributed by atoms with Crippen LogP contribution in [0.3, 0.4) is 0 Å². The second kappa shape index (κ2) is 4.96.